The lowest BCUT2D eigenvalue weighted by Crippen LogP contribution is -2.36. The fraction of sp³-hybridized carbons (Fsp3) is 0.318. The Hall–Kier alpha value is -3.59. The summed E-state index contributed by atoms with van der Waals surface area (Å²) in [6.45, 7) is 0.283. The zero-order valence-corrected chi connectivity index (χ0v) is 17.4. The van der Waals surface area contributed by atoms with Crippen LogP contribution in [0.2, 0.25) is 0 Å². The predicted molar refractivity (Wildman–Crippen MR) is 112 cm³/mol. The largest absolute Gasteiger partial charge is 0.493 e. The van der Waals surface area contributed by atoms with Gasteiger partial charge in [0.1, 0.15) is 0 Å². The molecule has 166 valence electrons. The molecule has 2 rings (SSSR count). The van der Waals surface area contributed by atoms with Crippen molar-refractivity contribution in [1.29, 1.82) is 0 Å². The summed E-state index contributed by atoms with van der Waals surface area (Å²) in [4.78, 5) is 34.4. The molecule has 4 N–H and O–H groups in total. The first kappa shape index (κ1) is 23.7. The number of carbonyl (C=O) groups excluding carboxylic acids is 2. The van der Waals surface area contributed by atoms with Crippen molar-refractivity contribution in [2.75, 3.05) is 20.8 Å². The number of methoxy groups -OCH3 is 2. The van der Waals surface area contributed by atoms with Gasteiger partial charge in [-0.1, -0.05) is 30.3 Å². The number of hydrogen-bond donors (Lipinski definition) is 4. The number of carboxylic acid groups (broad SMARTS) is 1. The van der Waals surface area contributed by atoms with Crippen molar-refractivity contribution in [3.05, 3.63) is 48.0 Å². The van der Waals surface area contributed by atoms with Gasteiger partial charge in [0.05, 0.1) is 26.6 Å². The molecule has 0 bridgehead atoms. The second-order valence-corrected chi connectivity index (χ2v) is 6.84. The Labute approximate surface area is 179 Å². The minimum absolute atomic E-state index is 0.283. The molecule has 0 fully saturated rings. The van der Waals surface area contributed by atoms with Crippen LogP contribution in [-0.4, -0.2) is 48.9 Å². The van der Waals surface area contributed by atoms with Crippen LogP contribution in [0.3, 0.4) is 0 Å². The van der Waals surface area contributed by atoms with E-state index in [1.807, 2.05) is 42.5 Å². The fourth-order valence-electron chi connectivity index (χ4n) is 3.09. The standard InChI is InChI=1S/C22H26N2O7/c1-30-18-8-7-16(11-19(18)31-2)15-5-3-14(4-6-15)9-10-23-22(28)17(13-21(26)27)12-20(25)24-29/h3-8,11,17,29H,9-10,12-13H2,1-2H3,(H,23,28)(H,24,25)(H,26,27). The van der Waals surface area contributed by atoms with E-state index in [-0.39, 0.29) is 6.54 Å². The molecule has 0 saturated carbocycles. The quantitative estimate of drug-likeness (QED) is 0.316. The number of carboxylic acids is 1. The minimum atomic E-state index is -1.20. The Kier molecular flexibility index (Phi) is 8.83. The van der Waals surface area contributed by atoms with Gasteiger partial charge in [0, 0.05) is 13.0 Å². The second-order valence-electron chi connectivity index (χ2n) is 6.84. The van der Waals surface area contributed by atoms with Crippen molar-refractivity contribution >= 4 is 17.8 Å². The van der Waals surface area contributed by atoms with Gasteiger partial charge >= 0.3 is 5.97 Å². The molecule has 0 aliphatic rings. The zero-order chi connectivity index (χ0) is 22.8. The SMILES string of the molecule is COc1ccc(-c2ccc(CCNC(=O)C(CC(=O)O)CC(=O)NO)cc2)cc1OC. The van der Waals surface area contributed by atoms with Gasteiger partial charge in [-0.15, -0.1) is 0 Å². The molecule has 2 amide bonds. The third-order valence-corrected chi connectivity index (χ3v) is 4.73. The molecule has 2 aromatic rings. The summed E-state index contributed by atoms with van der Waals surface area (Å²) >= 11 is 0. The van der Waals surface area contributed by atoms with Crippen LogP contribution < -0.4 is 20.3 Å². The van der Waals surface area contributed by atoms with E-state index in [2.05, 4.69) is 5.32 Å². The molecule has 2 aromatic carbocycles. The second kappa shape index (κ2) is 11.6. The van der Waals surface area contributed by atoms with Gasteiger partial charge in [-0.3, -0.25) is 19.6 Å². The summed E-state index contributed by atoms with van der Waals surface area (Å²) in [7, 11) is 3.16. The highest BCUT2D eigenvalue weighted by molar-refractivity contribution is 5.88. The zero-order valence-electron chi connectivity index (χ0n) is 17.4. The van der Waals surface area contributed by atoms with Crippen LogP contribution in [-0.2, 0) is 20.8 Å². The Bertz CT molecular complexity index is 913. The van der Waals surface area contributed by atoms with Crippen molar-refractivity contribution in [1.82, 2.24) is 10.8 Å². The summed E-state index contributed by atoms with van der Waals surface area (Å²) in [5.74, 6) is -2.33. The molecular formula is C22H26N2O7. The number of hydrogen-bond acceptors (Lipinski definition) is 6. The molecule has 1 atom stereocenters. The molecule has 0 aliphatic carbocycles. The normalized spacial score (nSPS) is 11.3. The number of nitrogens with one attached hydrogen (secondary N) is 2. The van der Waals surface area contributed by atoms with Gasteiger partial charge in [0.25, 0.3) is 0 Å². The highest BCUT2D eigenvalue weighted by Gasteiger charge is 2.24. The smallest absolute Gasteiger partial charge is 0.304 e. The molecule has 0 heterocycles. The van der Waals surface area contributed by atoms with E-state index >= 15 is 0 Å². The molecule has 1 unspecified atom stereocenters. The molecular weight excluding hydrogens is 404 g/mol. The first-order chi connectivity index (χ1) is 14.9. The number of carbonyl (C=O) groups is 3. The summed E-state index contributed by atoms with van der Waals surface area (Å²) in [6, 6.07) is 13.4. The molecule has 0 aliphatic heterocycles. The highest BCUT2D eigenvalue weighted by Crippen LogP contribution is 2.32. The average molecular weight is 430 g/mol. The van der Waals surface area contributed by atoms with E-state index in [1.165, 1.54) is 5.48 Å². The average Bonchev–Trinajstić information content (AvgIpc) is 2.78. The van der Waals surface area contributed by atoms with Gasteiger partial charge < -0.3 is 19.9 Å². The lowest BCUT2D eigenvalue weighted by molar-refractivity contribution is -0.142. The van der Waals surface area contributed by atoms with E-state index in [0.29, 0.717) is 17.9 Å². The van der Waals surface area contributed by atoms with Crippen molar-refractivity contribution < 1.29 is 34.2 Å². The third-order valence-electron chi connectivity index (χ3n) is 4.73. The Morgan fingerprint density at radius 1 is 0.935 bits per heavy atom. The van der Waals surface area contributed by atoms with Crippen LogP contribution in [0, 0.1) is 5.92 Å². The topological polar surface area (TPSA) is 134 Å². The maximum Gasteiger partial charge on any atom is 0.304 e. The summed E-state index contributed by atoms with van der Waals surface area (Å²) < 4.78 is 10.6. The Balaban J connectivity index is 1.95. The van der Waals surface area contributed by atoms with E-state index in [0.717, 1.165) is 16.7 Å². The van der Waals surface area contributed by atoms with E-state index < -0.39 is 36.5 Å². The van der Waals surface area contributed by atoms with Gasteiger partial charge in [-0.2, -0.15) is 0 Å². The van der Waals surface area contributed by atoms with Crippen LogP contribution in [0.25, 0.3) is 11.1 Å². The number of benzene rings is 2. The van der Waals surface area contributed by atoms with Crippen LogP contribution in [0.5, 0.6) is 11.5 Å². The number of amides is 2. The Morgan fingerprint density at radius 3 is 2.16 bits per heavy atom. The van der Waals surface area contributed by atoms with Gasteiger partial charge in [-0.05, 0) is 35.2 Å². The summed E-state index contributed by atoms with van der Waals surface area (Å²) in [5.41, 5.74) is 4.35. The highest BCUT2D eigenvalue weighted by atomic mass is 16.5. The minimum Gasteiger partial charge on any atom is -0.493 e. The van der Waals surface area contributed by atoms with E-state index in [4.69, 9.17) is 19.8 Å². The lowest BCUT2D eigenvalue weighted by atomic mass is 9.99. The van der Waals surface area contributed by atoms with E-state index in [9.17, 15) is 14.4 Å². The molecule has 31 heavy (non-hydrogen) atoms. The van der Waals surface area contributed by atoms with Crippen LogP contribution >= 0.6 is 0 Å². The van der Waals surface area contributed by atoms with Crippen LogP contribution in [0.1, 0.15) is 18.4 Å². The van der Waals surface area contributed by atoms with E-state index in [1.54, 1.807) is 14.2 Å². The van der Waals surface area contributed by atoms with Gasteiger partial charge in [0.15, 0.2) is 11.5 Å². The monoisotopic (exact) mass is 430 g/mol. The molecule has 0 aromatic heterocycles. The molecule has 0 saturated heterocycles. The maximum absolute atomic E-state index is 12.2. The predicted octanol–water partition coefficient (Wildman–Crippen LogP) is 2.02. The van der Waals surface area contributed by atoms with Crippen molar-refractivity contribution in [2.24, 2.45) is 5.92 Å². The fourth-order valence-corrected chi connectivity index (χ4v) is 3.09. The lowest BCUT2D eigenvalue weighted by Gasteiger charge is -2.14. The number of ether oxygens (including phenoxy) is 2. The number of hydroxylamine groups is 1. The first-order valence-electron chi connectivity index (χ1n) is 9.61. The molecule has 9 nitrogen and oxygen atoms in total. The summed E-state index contributed by atoms with van der Waals surface area (Å²) in [5, 5.41) is 20.2. The molecule has 0 radical (unpaired) electrons. The van der Waals surface area contributed by atoms with Gasteiger partial charge in [0.2, 0.25) is 11.8 Å². The van der Waals surface area contributed by atoms with Crippen molar-refractivity contribution in [3.8, 4) is 22.6 Å². The number of aliphatic carboxylic acids is 1. The summed E-state index contributed by atoms with van der Waals surface area (Å²) in [6.07, 6.45) is -0.377. The van der Waals surface area contributed by atoms with Crippen molar-refractivity contribution in [3.63, 3.8) is 0 Å². The molecule has 0 spiro atoms. The van der Waals surface area contributed by atoms with Gasteiger partial charge in [-0.25, -0.2) is 5.48 Å². The van der Waals surface area contributed by atoms with Crippen LogP contribution in [0.4, 0.5) is 0 Å². The number of rotatable bonds is 11. The van der Waals surface area contributed by atoms with Crippen LogP contribution in [0.15, 0.2) is 42.5 Å². The molecule has 9 heteroatoms. The van der Waals surface area contributed by atoms with Crippen molar-refractivity contribution in [2.45, 2.75) is 19.3 Å². The first-order valence-corrected chi connectivity index (χ1v) is 9.61. The Morgan fingerprint density at radius 2 is 1.58 bits per heavy atom. The third kappa shape index (κ3) is 7.00. The maximum atomic E-state index is 12.2.